The average molecular weight is 194 g/mol. The monoisotopic (exact) mass is 194 g/mol. The van der Waals surface area contributed by atoms with Gasteiger partial charge in [0.15, 0.2) is 0 Å². The molecule has 1 aromatic rings. The molecule has 2 heterocycles. The maximum Gasteiger partial charge on any atom is 0.211 e. The zero-order valence-corrected chi connectivity index (χ0v) is 9.13. The molecule has 1 fully saturated rings. The largest absolute Gasteiger partial charge is 0.443 e. The summed E-state index contributed by atoms with van der Waals surface area (Å²) in [6.07, 6.45) is 4.22. The smallest absolute Gasteiger partial charge is 0.211 e. The predicted octanol–water partition coefficient (Wildman–Crippen LogP) is 2.40. The van der Waals surface area contributed by atoms with Crippen molar-refractivity contribution in [3.8, 4) is 0 Å². The first-order valence-corrected chi connectivity index (χ1v) is 5.27. The number of rotatable bonds is 1. The minimum absolute atomic E-state index is 0.0594. The quantitative estimate of drug-likeness (QED) is 0.746. The van der Waals surface area contributed by atoms with Crippen molar-refractivity contribution in [3.05, 3.63) is 17.8 Å². The molecule has 1 aromatic heterocycles. The summed E-state index contributed by atoms with van der Waals surface area (Å²) in [6, 6.07) is 0.339. The lowest BCUT2D eigenvalue weighted by atomic mass is 9.94. The predicted molar refractivity (Wildman–Crippen MR) is 55.2 cm³/mol. The highest BCUT2D eigenvalue weighted by atomic mass is 16.4. The number of aromatic nitrogens is 1. The lowest BCUT2D eigenvalue weighted by Gasteiger charge is -2.13. The molecule has 1 aliphatic heterocycles. The van der Waals surface area contributed by atoms with Gasteiger partial charge in [0.25, 0.3) is 0 Å². The Hall–Kier alpha value is -0.830. The molecule has 1 saturated heterocycles. The van der Waals surface area contributed by atoms with Gasteiger partial charge >= 0.3 is 0 Å². The zero-order chi connectivity index (χ0) is 10.2. The van der Waals surface area contributed by atoms with Gasteiger partial charge in [-0.25, -0.2) is 4.98 Å². The second-order valence-corrected chi connectivity index (χ2v) is 4.96. The van der Waals surface area contributed by atoms with E-state index in [2.05, 4.69) is 31.1 Å². The van der Waals surface area contributed by atoms with Crippen LogP contribution in [0.25, 0.3) is 0 Å². The summed E-state index contributed by atoms with van der Waals surface area (Å²) in [5, 5.41) is 3.38. The molecule has 78 valence electrons. The highest BCUT2D eigenvalue weighted by molar-refractivity contribution is 5.08. The van der Waals surface area contributed by atoms with Gasteiger partial charge in [0.05, 0.1) is 12.2 Å². The SMILES string of the molecule is CC(C)(C)c1cnc(C2CCCN2)o1. The fraction of sp³-hybridized carbons (Fsp3) is 0.727. The molecule has 14 heavy (non-hydrogen) atoms. The van der Waals surface area contributed by atoms with E-state index in [9.17, 15) is 0 Å². The van der Waals surface area contributed by atoms with Crippen LogP contribution in [0.3, 0.4) is 0 Å². The van der Waals surface area contributed by atoms with Crippen LogP contribution >= 0.6 is 0 Å². The van der Waals surface area contributed by atoms with E-state index in [1.54, 1.807) is 0 Å². The van der Waals surface area contributed by atoms with E-state index in [0.29, 0.717) is 6.04 Å². The number of nitrogens with one attached hydrogen (secondary N) is 1. The summed E-state index contributed by atoms with van der Waals surface area (Å²) in [5.74, 6) is 1.83. The van der Waals surface area contributed by atoms with Gasteiger partial charge in [-0.1, -0.05) is 20.8 Å². The van der Waals surface area contributed by atoms with Crippen molar-refractivity contribution < 1.29 is 4.42 Å². The van der Waals surface area contributed by atoms with Crippen molar-refractivity contribution in [1.29, 1.82) is 0 Å². The van der Waals surface area contributed by atoms with Crippen LogP contribution in [-0.2, 0) is 5.41 Å². The lowest BCUT2D eigenvalue weighted by Crippen LogP contribution is -2.13. The van der Waals surface area contributed by atoms with Crippen LogP contribution < -0.4 is 5.32 Å². The van der Waals surface area contributed by atoms with Crippen LogP contribution in [0.4, 0.5) is 0 Å². The Balaban J connectivity index is 2.17. The Bertz CT molecular complexity index is 305. The topological polar surface area (TPSA) is 38.1 Å². The normalized spacial score (nSPS) is 22.9. The maximum atomic E-state index is 5.76. The number of hydrogen-bond acceptors (Lipinski definition) is 3. The van der Waals surface area contributed by atoms with Crippen molar-refractivity contribution >= 4 is 0 Å². The molecule has 0 aliphatic carbocycles. The molecular formula is C11H18N2O. The summed E-state index contributed by atoms with van der Waals surface area (Å²) in [5.41, 5.74) is 0.0594. The van der Waals surface area contributed by atoms with E-state index >= 15 is 0 Å². The Morgan fingerprint density at radius 3 is 2.79 bits per heavy atom. The zero-order valence-electron chi connectivity index (χ0n) is 9.13. The Labute approximate surface area is 84.9 Å². The summed E-state index contributed by atoms with van der Waals surface area (Å²) < 4.78 is 5.76. The molecular weight excluding hydrogens is 176 g/mol. The second-order valence-electron chi connectivity index (χ2n) is 4.96. The summed E-state index contributed by atoms with van der Waals surface area (Å²) in [6.45, 7) is 7.50. The highest BCUT2D eigenvalue weighted by Gasteiger charge is 2.24. The van der Waals surface area contributed by atoms with Crippen LogP contribution in [0.2, 0.25) is 0 Å². The average Bonchev–Trinajstić information content (AvgIpc) is 2.73. The minimum Gasteiger partial charge on any atom is -0.443 e. The minimum atomic E-state index is 0.0594. The molecule has 0 bridgehead atoms. The Morgan fingerprint density at radius 2 is 2.29 bits per heavy atom. The van der Waals surface area contributed by atoms with Crippen molar-refractivity contribution in [2.24, 2.45) is 0 Å². The Morgan fingerprint density at radius 1 is 1.50 bits per heavy atom. The van der Waals surface area contributed by atoms with Gasteiger partial charge in [0, 0.05) is 5.41 Å². The van der Waals surface area contributed by atoms with E-state index in [1.807, 2.05) is 6.20 Å². The van der Waals surface area contributed by atoms with Gasteiger partial charge in [-0.2, -0.15) is 0 Å². The first-order valence-electron chi connectivity index (χ1n) is 5.27. The molecule has 0 spiro atoms. The molecule has 0 amide bonds. The Kier molecular flexibility index (Phi) is 2.35. The second kappa shape index (κ2) is 3.39. The first-order chi connectivity index (χ1) is 6.57. The number of oxazole rings is 1. The molecule has 1 aliphatic rings. The molecule has 0 radical (unpaired) electrons. The van der Waals surface area contributed by atoms with Crippen molar-refractivity contribution in [2.45, 2.75) is 45.1 Å². The third kappa shape index (κ3) is 1.82. The van der Waals surface area contributed by atoms with Crippen LogP contribution in [0, 0.1) is 0 Å². The fourth-order valence-electron chi connectivity index (χ4n) is 1.69. The van der Waals surface area contributed by atoms with E-state index in [4.69, 9.17) is 4.42 Å². The van der Waals surface area contributed by atoms with Gasteiger partial charge in [-0.3, -0.25) is 0 Å². The van der Waals surface area contributed by atoms with Crippen LogP contribution in [0.1, 0.15) is 51.3 Å². The van der Waals surface area contributed by atoms with Crippen molar-refractivity contribution in [1.82, 2.24) is 10.3 Å². The highest BCUT2D eigenvalue weighted by Crippen LogP contribution is 2.27. The number of nitrogens with zero attached hydrogens (tertiary/aromatic N) is 1. The van der Waals surface area contributed by atoms with Gasteiger partial charge in [0.1, 0.15) is 5.76 Å². The van der Waals surface area contributed by atoms with Gasteiger partial charge in [-0.15, -0.1) is 0 Å². The molecule has 3 nitrogen and oxygen atoms in total. The molecule has 0 aromatic carbocycles. The van der Waals surface area contributed by atoms with Gasteiger partial charge in [0.2, 0.25) is 5.89 Å². The summed E-state index contributed by atoms with van der Waals surface area (Å²) in [7, 11) is 0. The van der Waals surface area contributed by atoms with E-state index < -0.39 is 0 Å². The van der Waals surface area contributed by atoms with Crippen LogP contribution in [0.5, 0.6) is 0 Å². The standard InChI is InChI=1S/C11H18N2O/c1-11(2,3)9-7-13-10(14-9)8-5-4-6-12-8/h7-8,12H,4-6H2,1-3H3. The van der Waals surface area contributed by atoms with Crippen molar-refractivity contribution in [2.75, 3.05) is 6.54 Å². The fourth-order valence-corrected chi connectivity index (χ4v) is 1.69. The maximum absolute atomic E-state index is 5.76. The van der Waals surface area contributed by atoms with E-state index in [-0.39, 0.29) is 5.41 Å². The molecule has 2 rings (SSSR count). The summed E-state index contributed by atoms with van der Waals surface area (Å²) >= 11 is 0. The summed E-state index contributed by atoms with van der Waals surface area (Å²) in [4.78, 5) is 4.34. The van der Waals surface area contributed by atoms with E-state index in [0.717, 1.165) is 24.6 Å². The third-order valence-electron chi connectivity index (χ3n) is 2.62. The third-order valence-corrected chi connectivity index (χ3v) is 2.62. The van der Waals surface area contributed by atoms with Gasteiger partial charge < -0.3 is 9.73 Å². The van der Waals surface area contributed by atoms with Crippen LogP contribution in [-0.4, -0.2) is 11.5 Å². The van der Waals surface area contributed by atoms with Crippen molar-refractivity contribution in [3.63, 3.8) is 0 Å². The molecule has 1 atom stereocenters. The van der Waals surface area contributed by atoms with E-state index in [1.165, 1.54) is 6.42 Å². The molecule has 1 N–H and O–H groups in total. The lowest BCUT2D eigenvalue weighted by molar-refractivity contribution is 0.356. The number of hydrogen-bond donors (Lipinski definition) is 1. The van der Waals surface area contributed by atoms with Gasteiger partial charge in [-0.05, 0) is 19.4 Å². The van der Waals surface area contributed by atoms with Crippen LogP contribution in [0.15, 0.2) is 10.6 Å². The molecule has 0 saturated carbocycles. The first kappa shape index (κ1) is 9.71. The molecule has 1 unspecified atom stereocenters. The molecule has 3 heteroatoms.